The van der Waals surface area contributed by atoms with Gasteiger partial charge in [0, 0.05) is 11.8 Å². The van der Waals surface area contributed by atoms with Crippen LogP contribution in [-0.4, -0.2) is 36.0 Å². The Kier molecular flexibility index (Phi) is 7.28. The van der Waals surface area contributed by atoms with E-state index in [4.69, 9.17) is 9.72 Å². The SMILES string of the molecule is CCCCc1cn2c([C@H](OC(=O)C(C)(C)C)c3ccc(-c4ccccc4-c4nn[nH]n4)cc3)ccc(C)c2n1. The van der Waals surface area contributed by atoms with Crippen molar-refractivity contribution in [2.75, 3.05) is 0 Å². The Hall–Kier alpha value is -4.33. The van der Waals surface area contributed by atoms with E-state index < -0.39 is 11.5 Å². The lowest BCUT2D eigenvalue weighted by Crippen LogP contribution is -2.26. The maximum Gasteiger partial charge on any atom is 0.312 e. The summed E-state index contributed by atoms with van der Waals surface area (Å²) in [7, 11) is 0. The Labute approximate surface area is 228 Å². The van der Waals surface area contributed by atoms with Gasteiger partial charge in [0.1, 0.15) is 5.65 Å². The van der Waals surface area contributed by atoms with Gasteiger partial charge in [0.25, 0.3) is 0 Å². The Bertz CT molecular complexity index is 1580. The number of H-pyrrole nitrogens is 1. The number of pyridine rings is 1. The number of rotatable bonds is 8. The number of aryl methyl sites for hydroxylation is 2. The van der Waals surface area contributed by atoms with Crippen LogP contribution in [0.1, 0.15) is 69.2 Å². The number of unbranched alkanes of at least 4 members (excludes halogenated alkanes) is 1. The Morgan fingerprint density at radius 1 is 1.03 bits per heavy atom. The number of nitrogens with one attached hydrogen (secondary N) is 1. The van der Waals surface area contributed by atoms with Crippen LogP contribution in [0.5, 0.6) is 0 Å². The molecule has 0 amide bonds. The number of aromatic amines is 1. The molecule has 1 N–H and O–H groups in total. The highest BCUT2D eigenvalue weighted by Gasteiger charge is 2.29. The lowest BCUT2D eigenvalue weighted by Gasteiger charge is -2.25. The number of hydrogen-bond donors (Lipinski definition) is 1. The molecule has 0 unspecified atom stereocenters. The number of carbonyl (C=O) groups excluding carboxylic acids is 1. The van der Waals surface area contributed by atoms with Crippen LogP contribution in [0.3, 0.4) is 0 Å². The Morgan fingerprint density at radius 2 is 1.77 bits per heavy atom. The number of tetrazole rings is 1. The van der Waals surface area contributed by atoms with E-state index in [1.165, 1.54) is 0 Å². The van der Waals surface area contributed by atoms with Crippen molar-refractivity contribution < 1.29 is 9.53 Å². The molecule has 0 aliphatic carbocycles. The first kappa shape index (κ1) is 26.3. The van der Waals surface area contributed by atoms with Crippen molar-refractivity contribution in [2.45, 2.75) is 60.0 Å². The molecule has 5 rings (SSSR count). The predicted molar refractivity (Wildman–Crippen MR) is 151 cm³/mol. The van der Waals surface area contributed by atoms with Crippen molar-refractivity contribution in [1.29, 1.82) is 0 Å². The minimum Gasteiger partial charge on any atom is -0.451 e. The number of benzene rings is 2. The second-order valence-electron chi connectivity index (χ2n) is 10.9. The molecule has 3 heterocycles. The van der Waals surface area contributed by atoms with Crippen LogP contribution in [0.4, 0.5) is 0 Å². The van der Waals surface area contributed by atoms with Crippen molar-refractivity contribution >= 4 is 11.6 Å². The highest BCUT2D eigenvalue weighted by molar-refractivity contribution is 5.80. The number of ether oxygens (including phenoxy) is 1. The quantitative estimate of drug-likeness (QED) is 0.233. The smallest absolute Gasteiger partial charge is 0.312 e. The van der Waals surface area contributed by atoms with E-state index in [9.17, 15) is 4.79 Å². The largest absolute Gasteiger partial charge is 0.451 e. The predicted octanol–water partition coefficient (Wildman–Crippen LogP) is 6.51. The molecule has 0 radical (unpaired) electrons. The zero-order valence-electron chi connectivity index (χ0n) is 23.1. The van der Waals surface area contributed by atoms with Crippen molar-refractivity contribution in [2.24, 2.45) is 5.41 Å². The van der Waals surface area contributed by atoms with E-state index in [2.05, 4.69) is 51.1 Å². The van der Waals surface area contributed by atoms with Gasteiger partial charge in [-0.1, -0.05) is 67.9 Å². The van der Waals surface area contributed by atoms with E-state index in [0.29, 0.717) is 5.82 Å². The number of carbonyl (C=O) groups is 1. The second kappa shape index (κ2) is 10.8. The van der Waals surface area contributed by atoms with Crippen LogP contribution >= 0.6 is 0 Å². The van der Waals surface area contributed by atoms with Crippen molar-refractivity contribution in [3.63, 3.8) is 0 Å². The van der Waals surface area contributed by atoms with E-state index in [0.717, 1.165) is 64.1 Å². The third kappa shape index (κ3) is 5.46. The molecule has 0 fully saturated rings. The van der Waals surface area contributed by atoms with E-state index >= 15 is 0 Å². The first-order valence-electron chi connectivity index (χ1n) is 13.4. The first-order chi connectivity index (χ1) is 18.8. The number of hydrogen-bond acceptors (Lipinski definition) is 6. The van der Waals surface area contributed by atoms with Gasteiger partial charge in [0.2, 0.25) is 5.82 Å². The Morgan fingerprint density at radius 3 is 2.44 bits per heavy atom. The monoisotopic (exact) mass is 522 g/mol. The molecule has 1 atom stereocenters. The molecule has 200 valence electrons. The lowest BCUT2D eigenvalue weighted by molar-refractivity contribution is -0.157. The van der Waals surface area contributed by atoms with E-state index in [1.807, 2.05) is 75.4 Å². The van der Waals surface area contributed by atoms with Gasteiger partial charge in [-0.3, -0.25) is 9.20 Å². The minimum absolute atomic E-state index is 0.265. The fourth-order valence-electron chi connectivity index (χ4n) is 4.59. The number of imidazole rings is 1. The van der Waals surface area contributed by atoms with Gasteiger partial charge >= 0.3 is 5.97 Å². The van der Waals surface area contributed by atoms with E-state index in [-0.39, 0.29) is 5.97 Å². The van der Waals surface area contributed by atoms with Crippen LogP contribution in [0.2, 0.25) is 0 Å². The zero-order chi connectivity index (χ0) is 27.6. The molecule has 2 aromatic carbocycles. The van der Waals surface area contributed by atoms with Crippen LogP contribution < -0.4 is 0 Å². The molecule has 0 saturated carbocycles. The normalized spacial score (nSPS) is 12.5. The molecule has 5 aromatic rings. The van der Waals surface area contributed by atoms with Gasteiger partial charge in [-0.15, -0.1) is 10.2 Å². The molecule has 0 aliphatic rings. The molecular weight excluding hydrogens is 488 g/mol. The van der Waals surface area contributed by atoms with Crippen molar-refractivity contribution in [1.82, 2.24) is 30.0 Å². The fraction of sp³-hybridized carbons (Fsp3) is 0.323. The summed E-state index contributed by atoms with van der Waals surface area (Å²) >= 11 is 0. The van der Waals surface area contributed by atoms with Gasteiger partial charge in [-0.2, -0.15) is 5.21 Å². The number of fused-ring (bicyclic) bond motifs is 1. The molecule has 0 aliphatic heterocycles. The standard InChI is InChI=1S/C31H34N6O2/c1-6-7-10-23-19-37-26(18-13-20(2)29(37)32-23)27(39-30(38)31(3,4)5)22-16-14-21(15-17-22)24-11-8-9-12-25(24)28-33-35-36-34-28/h8-9,11-19,27H,6-7,10H2,1-5H3,(H,33,34,35,36)/t27-/m1/s1. The molecule has 0 saturated heterocycles. The minimum atomic E-state index is -0.646. The molecule has 8 nitrogen and oxygen atoms in total. The number of nitrogens with zero attached hydrogens (tertiary/aromatic N) is 5. The first-order valence-corrected chi connectivity index (χ1v) is 13.4. The molecule has 39 heavy (non-hydrogen) atoms. The highest BCUT2D eigenvalue weighted by Crippen LogP contribution is 2.34. The van der Waals surface area contributed by atoms with Gasteiger partial charge in [0.05, 0.1) is 16.8 Å². The average molecular weight is 523 g/mol. The summed E-state index contributed by atoms with van der Waals surface area (Å²) in [4.78, 5) is 18.1. The molecular formula is C31H34N6O2. The second-order valence-corrected chi connectivity index (χ2v) is 10.9. The summed E-state index contributed by atoms with van der Waals surface area (Å²) in [6.45, 7) is 9.85. The van der Waals surface area contributed by atoms with E-state index in [1.54, 1.807) is 0 Å². The number of esters is 1. The molecule has 0 bridgehead atoms. The molecule has 8 heteroatoms. The van der Waals surface area contributed by atoms with Gasteiger partial charge < -0.3 is 4.74 Å². The van der Waals surface area contributed by atoms with Crippen molar-refractivity contribution in [3.05, 3.63) is 89.4 Å². The number of aromatic nitrogens is 6. The highest BCUT2D eigenvalue weighted by atomic mass is 16.5. The lowest BCUT2D eigenvalue weighted by atomic mass is 9.95. The summed E-state index contributed by atoms with van der Waals surface area (Å²) in [5.41, 5.74) is 6.98. The summed E-state index contributed by atoms with van der Waals surface area (Å²) < 4.78 is 8.32. The van der Waals surface area contributed by atoms with Crippen LogP contribution in [-0.2, 0) is 16.0 Å². The molecule has 3 aromatic heterocycles. The van der Waals surface area contributed by atoms with Crippen LogP contribution in [0, 0.1) is 12.3 Å². The Balaban J connectivity index is 1.58. The van der Waals surface area contributed by atoms with Gasteiger partial charge in [-0.05, 0) is 74.1 Å². The van der Waals surface area contributed by atoms with Gasteiger partial charge in [0.15, 0.2) is 6.10 Å². The average Bonchev–Trinajstić information content (AvgIpc) is 3.62. The maximum absolute atomic E-state index is 13.2. The third-order valence-electron chi connectivity index (χ3n) is 6.82. The fourth-order valence-corrected chi connectivity index (χ4v) is 4.59. The summed E-state index contributed by atoms with van der Waals surface area (Å²) in [5.74, 6) is 0.270. The summed E-state index contributed by atoms with van der Waals surface area (Å²) in [6, 6.07) is 20.1. The molecule has 0 spiro atoms. The zero-order valence-corrected chi connectivity index (χ0v) is 23.1. The van der Waals surface area contributed by atoms with Crippen LogP contribution in [0.15, 0.2) is 66.9 Å². The summed E-state index contributed by atoms with van der Waals surface area (Å²) in [5, 5.41) is 14.5. The maximum atomic E-state index is 13.2. The van der Waals surface area contributed by atoms with Crippen LogP contribution in [0.25, 0.3) is 28.2 Å². The van der Waals surface area contributed by atoms with Crippen molar-refractivity contribution in [3.8, 4) is 22.5 Å². The topological polar surface area (TPSA) is 98.1 Å². The third-order valence-corrected chi connectivity index (χ3v) is 6.82. The summed E-state index contributed by atoms with van der Waals surface area (Å²) in [6.07, 6.45) is 4.58. The van der Waals surface area contributed by atoms with Gasteiger partial charge in [-0.25, -0.2) is 4.98 Å².